The molecule has 0 aromatic heterocycles. The number of carbonyl (C=O) groups is 1. The maximum absolute atomic E-state index is 12.7. The largest absolute Gasteiger partial charge is 0.493 e. The number of hydrogen-bond donors (Lipinski definition) is 0. The van der Waals surface area contributed by atoms with Gasteiger partial charge in [-0.25, -0.2) is 4.39 Å². The summed E-state index contributed by atoms with van der Waals surface area (Å²) in [6.07, 6.45) is 0. The smallest absolute Gasteiger partial charge is 0.163 e. The lowest BCUT2D eigenvalue weighted by Gasteiger charge is -2.06. The van der Waals surface area contributed by atoms with Crippen LogP contribution in [0.4, 0.5) is 4.39 Å². The van der Waals surface area contributed by atoms with Gasteiger partial charge in [-0.2, -0.15) is 0 Å². The predicted molar refractivity (Wildman–Crippen MR) is 47.6 cm³/mol. The minimum Gasteiger partial charge on any atom is -0.493 e. The van der Waals surface area contributed by atoms with Crippen molar-refractivity contribution < 1.29 is 13.9 Å². The molecular weight excluding hydrogens is 171 g/mol. The Kier molecular flexibility index (Phi) is 3.01. The Hall–Kier alpha value is -1.38. The monoisotopic (exact) mass is 182 g/mol. The summed E-state index contributed by atoms with van der Waals surface area (Å²) in [4.78, 5) is 11.0. The number of hydrogen-bond acceptors (Lipinski definition) is 2. The van der Waals surface area contributed by atoms with E-state index in [1.165, 1.54) is 25.1 Å². The lowest BCUT2D eigenvalue weighted by molar-refractivity contribution is 0.101. The van der Waals surface area contributed by atoms with Gasteiger partial charge in [0.15, 0.2) is 5.78 Å². The quantitative estimate of drug-likeness (QED) is 0.671. The Morgan fingerprint density at radius 1 is 1.54 bits per heavy atom. The van der Waals surface area contributed by atoms with Crippen LogP contribution in [0.15, 0.2) is 18.2 Å². The van der Waals surface area contributed by atoms with Crippen LogP contribution in [-0.2, 0) is 0 Å². The van der Waals surface area contributed by atoms with E-state index in [4.69, 9.17) is 4.74 Å². The van der Waals surface area contributed by atoms with Gasteiger partial charge in [-0.05, 0) is 32.0 Å². The maximum atomic E-state index is 12.7. The van der Waals surface area contributed by atoms with E-state index in [2.05, 4.69) is 0 Å². The Balaban J connectivity index is 3.10. The van der Waals surface area contributed by atoms with Crippen molar-refractivity contribution in [2.24, 2.45) is 0 Å². The van der Waals surface area contributed by atoms with Gasteiger partial charge in [0, 0.05) is 0 Å². The molecule has 0 atom stereocenters. The van der Waals surface area contributed by atoms with Crippen LogP contribution in [0.1, 0.15) is 24.2 Å². The summed E-state index contributed by atoms with van der Waals surface area (Å²) in [7, 11) is 0. The summed E-state index contributed by atoms with van der Waals surface area (Å²) in [5.74, 6) is -0.173. The molecule has 0 spiro atoms. The van der Waals surface area contributed by atoms with Gasteiger partial charge in [-0.15, -0.1) is 0 Å². The van der Waals surface area contributed by atoms with Gasteiger partial charge >= 0.3 is 0 Å². The molecule has 13 heavy (non-hydrogen) atoms. The number of benzene rings is 1. The van der Waals surface area contributed by atoms with E-state index in [1.807, 2.05) is 6.92 Å². The fraction of sp³-hybridized carbons (Fsp3) is 0.300. The minimum absolute atomic E-state index is 0.192. The van der Waals surface area contributed by atoms with E-state index in [-0.39, 0.29) is 5.78 Å². The van der Waals surface area contributed by atoms with Crippen LogP contribution in [0.5, 0.6) is 5.75 Å². The molecule has 0 aliphatic rings. The highest BCUT2D eigenvalue weighted by atomic mass is 19.1. The van der Waals surface area contributed by atoms with Crippen molar-refractivity contribution in [1.29, 1.82) is 0 Å². The van der Waals surface area contributed by atoms with E-state index >= 15 is 0 Å². The first-order chi connectivity index (χ1) is 6.15. The number of rotatable bonds is 3. The molecule has 0 unspecified atom stereocenters. The molecule has 1 rings (SSSR count). The van der Waals surface area contributed by atoms with E-state index in [9.17, 15) is 9.18 Å². The van der Waals surface area contributed by atoms with Gasteiger partial charge in [0.25, 0.3) is 0 Å². The molecule has 0 aliphatic heterocycles. The van der Waals surface area contributed by atoms with Crippen molar-refractivity contribution in [2.75, 3.05) is 6.61 Å². The third kappa shape index (κ3) is 2.28. The number of Topliss-reactive ketones (excluding diaryl/α,β-unsaturated/α-hetero) is 1. The van der Waals surface area contributed by atoms with Crippen molar-refractivity contribution >= 4 is 5.78 Å². The molecule has 1 aromatic rings. The maximum Gasteiger partial charge on any atom is 0.163 e. The number of ketones is 1. The number of halogens is 1. The molecule has 70 valence electrons. The van der Waals surface area contributed by atoms with E-state index in [1.54, 1.807) is 0 Å². The second-order valence-electron chi connectivity index (χ2n) is 2.63. The molecule has 0 amide bonds. The molecule has 0 heterocycles. The number of carbonyl (C=O) groups excluding carboxylic acids is 1. The molecule has 0 saturated heterocycles. The third-order valence-electron chi connectivity index (χ3n) is 1.62. The molecule has 0 saturated carbocycles. The van der Waals surface area contributed by atoms with Crippen LogP contribution >= 0.6 is 0 Å². The van der Waals surface area contributed by atoms with Crippen molar-refractivity contribution in [3.05, 3.63) is 29.6 Å². The first-order valence-electron chi connectivity index (χ1n) is 4.08. The zero-order chi connectivity index (χ0) is 9.84. The molecule has 2 nitrogen and oxygen atoms in total. The zero-order valence-electron chi connectivity index (χ0n) is 7.63. The average Bonchev–Trinajstić information content (AvgIpc) is 2.08. The zero-order valence-corrected chi connectivity index (χ0v) is 7.63. The van der Waals surface area contributed by atoms with Crippen molar-refractivity contribution in [1.82, 2.24) is 0 Å². The molecule has 0 N–H and O–H groups in total. The van der Waals surface area contributed by atoms with E-state index in [0.717, 1.165) is 0 Å². The van der Waals surface area contributed by atoms with Crippen molar-refractivity contribution in [3.8, 4) is 5.75 Å². The van der Waals surface area contributed by atoms with Crippen LogP contribution in [0.3, 0.4) is 0 Å². The van der Waals surface area contributed by atoms with Crippen LogP contribution in [0.2, 0.25) is 0 Å². The van der Waals surface area contributed by atoms with Gasteiger partial charge < -0.3 is 4.74 Å². The Bertz CT molecular complexity index is 321. The van der Waals surface area contributed by atoms with Crippen LogP contribution in [0, 0.1) is 5.82 Å². The second kappa shape index (κ2) is 4.03. The lowest BCUT2D eigenvalue weighted by Crippen LogP contribution is -2.00. The number of ether oxygens (including phenoxy) is 1. The fourth-order valence-electron chi connectivity index (χ4n) is 1.06. The molecule has 0 aliphatic carbocycles. The molecule has 0 bridgehead atoms. The second-order valence-corrected chi connectivity index (χ2v) is 2.63. The first-order valence-corrected chi connectivity index (χ1v) is 4.08. The molecule has 1 aromatic carbocycles. The van der Waals surface area contributed by atoms with Gasteiger partial charge in [-0.1, -0.05) is 0 Å². The predicted octanol–water partition coefficient (Wildman–Crippen LogP) is 2.43. The first kappa shape index (κ1) is 9.71. The van der Waals surface area contributed by atoms with E-state index < -0.39 is 5.82 Å². The Morgan fingerprint density at radius 3 is 2.77 bits per heavy atom. The lowest BCUT2D eigenvalue weighted by atomic mass is 10.1. The van der Waals surface area contributed by atoms with Crippen LogP contribution in [0.25, 0.3) is 0 Å². The van der Waals surface area contributed by atoms with Crippen molar-refractivity contribution in [3.63, 3.8) is 0 Å². The van der Waals surface area contributed by atoms with Gasteiger partial charge in [0.05, 0.1) is 12.2 Å². The standard InChI is InChI=1S/C10H11FO2/c1-3-13-10-5-4-8(11)6-9(10)7(2)12/h4-6H,3H2,1-2H3. The summed E-state index contributed by atoms with van der Waals surface area (Å²) >= 11 is 0. The molecule has 3 heteroatoms. The molecule has 0 fully saturated rings. The molecule has 0 radical (unpaired) electrons. The summed E-state index contributed by atoms with van der Waals surface area (Å²) in [6, 6.07) is 3.93. The Labute approximate surface area is 76.3 Å². The highest BCUT2D eigenvalue weighted by molar-refractivity contribution is 5.96. The minimum atomic E-state index is -0.423. The Morgan fingerprint density at radius 2 is 2.23 bits per heavy atom. The van der Waals surface area contributed by atoms with E-state index in [0.29, 0.717) is 17.9 Å². The average molecular weight is 182 g/mol. The summed E-state index contributed by atoms with van der Waals surface area (Å²) in [6.45, 7) is 3.66. The normalized spacial score (nSPS) is 9.77. The van der Waals surface area contributed by atoms with Crippen LogP contribution < -0.4 is 4.74 Å². The van der Waals surface area contributed by atoms with Gasteiger partial charge in [-0.3, -0.25) is 4.79 Å². The van der Waals surface area contributed by atoms with Gasteiger partial charge in [0.2, 0.25) is 0 Å². The summed E-state index contributed by atoms with van der Waals surface area (Å²) in [5, 5.41) is 0. The van der Waals surface area contributed by atoms with Gasteiger partial charge in [0.1, 0.15) is 11.6 Å². The summed E-state index contributed by atoms with van der Waals surface area (Å²) < 4.78 is 17.9. The SMILES string of the molecule is CCOc1ccc(F)cc1C(C)=O. The third-order valence-corrected chi connectivity index (χ3v) is 1.62. The molecular formula is C10H11FO2. The highest BCUT2D eigenvalue weighted by Gasteiger charge is 2.08. The summed E-state index contributed by atoms with van der Waals surface area (Å²) in [5.41, 5.74) is 0.293. The highest BCUT2D eigenvalue weighted by Crippen LogP contribution is 2.19. The topological polar surface area (TPSA) is 26.3 Å². The van der Waals surface area contributed by atoms with Crippen LogP contribution in [-0.4, -0.2) is 12.4 Å². The fourth-order valence-corrected chi connectivity index (χ4v) is 1.06. The van der Waals surface area contributed by atoms with Crippen molar-refractivity contribution in [2.45, 2.75) is 13.8 Å².